The second-order valence-corrected chi connectivity index (χ2v) is 7.57. The maximum absolute atomic E-state index is 13.6. The topological polar surface area (TPSA) is 53.4 Å². The molecule has 1 N–H and O–H groups in total. The molecule has 1 saturated heterocycles. The number of halogens is 1. The van der Waals surface area contributed by atoms with E-state index >= 15 is 0 Å². The maximum atomic E-state index is 13.6. The molecule has 1 aliphatic rings. The van der Waals surface area contributed by atoms with Crippen LogP contribution in [-0.2, 0) is 18.4 Å². The number of hydrogen-bond donors (Lipinski definition) is 1. The van der Waals surface area contributed by atoms with E-state index in [2.05, 4.69) is 22.2 Å². The summed E-state index contributed by atoms with van der Waals surface area (Å²) in [7, 11) is 5.48. The first kappa shape index (κ1) is 19.4. The van der Waals surface area contributed by atoms with E-state index in [0.29, 0.717) is 18.5 Å². The minimum absolute atomic E-state index is 0.0315. The van der Waals surface area contributed by atoms with Gasteiger partial charge in [0, 0.05) is 57.7 Å². The van der Waals surface area contributed by atoms with E-state index in [-0.39, 0.29) is 11.7 Å². The zero-order chi connectivity index (χ0) is 19.6. The Labute approximate surface area is 160 Å². The lowest BCUT2D eigenvalue weighted by molar-refractivity contribution is -0.135. The molecule has 6 nitrogen and oxygen atoms in total. The highest BCUT2D eigenvalue weighted by Gasteiger charge is 2.42. The number of nitrogens with one attached hydrogen (secondary N) is 1. The average Bonchev–Trinajstić information content (AvgIpc) is 2.95. The number of amides is 1. The fourth-order valence-electron chi connectivity index (χ4n) is 3.70. The number of likely N-dealkylation sites (tertiary alicyclic amines) is 1. The Morgan fingerprint density at radius 1 is 1.33 bits per heavy atom. The summed E-state index contributed by atoms with van der Waals surface area (Å²) in [6.45, 7) is 4.47. The molecule has 1 aliphatic heterocycles. The Kier molecular flexibility index (Phi) is 5.51. The molecule has 1 aromatic heterocycles. The van der Waals surface area contributed by atoms with Crippen LogP contribution in [0.3, 0.4) is 0 Å². The molecule has 3 rings (SSSR count). The molecule has 0 bridgehead atoms. The first-order valence-corrected chi connectivity index (χ1v) is 9.26. The standard InChI is InChI=1S/C20H28FN5O/c1-15-16(13-22-25(15)4)14-26-10-8-20(9-11-26,19(27)24(2)3)23-18-7-5-6-17(21)12-18/h5-7,12-13,23H,8-11,14H2,1-4H3. The van der Waals surface area contributed by atoms with E-state index in [9.17, 15) is 9.18 Å². The zero-order valence-corrected chi connectivity index (χ0v) is 16.5. The monoisotopic (exact) mass is 373 g/mol. The van der Waals surface area contributed by atoms with E-state index < -0.39 is 5.54 Å². The van der Waals surface area contributed by atoms with E-state index in [0.717, 1.165) is 25.3 Å². The Morgan fingerprint density at radius 2 is 2.04 bits per heavy atom. The molecule has 0 saturated carbocycles. The Hall–Kier alpha value is -2.41. The summed E-state index contributed by atoms with van der Waals surface area (Å²) in [5, 5.41) is 7.65. The molecule has 1 fully saturated rings. The smallest absolute Gasteiger partial charge is 0.247 e. The number of rotatable bonds is 5. The molecule has 2 heterocycles. The van der Waals surface area contributed by atoms with E-state index in [4.69, 9.17) is 0 Å². The first-order valence-electron chi connectivity index (χ1n) is 9.26. The van der Waals surface area contributed by atoms with Crippen molar-refractivity contribution in [1.29, 1.82) is 0 Å². The summed E-state index contributed by atoms with van der Waals surface area (Å²) in [4.78, 5) is 16.9. The number of piperidine rings is 1. The van der Waals surface area contributed by atoms with Crippen LogP contribution in [0.2, 0.25) is 0 Å². The summed E-state index contributed by atoms with van der Waals surface area (Å²) >= 11 is 0. The van der Waals surface area contributed by atoms with Crippen LogP contribution >= 0.6 is 0 Å². The molecule has 1 aromatic carbocycles. The summed E-state index contributed by atoms with van der Waals surface area (Å²) < 4.78 is 15.5. The van der Waals surface area contributed by atoms with Crippen LogP contribution in [-0.4, -0.2) is 58.2 Å². The van der Waals surface area contributed by atoms with Gasteiger partial charge in [-0.3, -0.25) is 14.4 Å². The largest absolute Gasteiger partial charge is 0.371 e. The van der Waals surface area contributed by atoms with Crippen molar-refractivity contribution in [1.82, 2.24) is 19.6 Å². The third-order valence-electron chi connectivity index (χ3n) is 5.46. The van der Waals surface area contributed by atoms with Crippen LogP contribution in [0.15, 0.2) is 30.5 Å². The van der Waals surface area contributed by atoms with Crippen molar-refractivity contribution in [2.24, 2.45) is 7.05 Å². The Bertz CT molecular complexity index is 808. The Morgan fingerprint density at radius 3 is 2.59 bits per heavy atom. The molecule has 0 aliphatic carbocycles. The fraction of sp³-hybridized carbons (Fsp3) is 0.500. The van der Waals surface area contributed by atoms with Gasteiger partial charge in [0.05, 0.1) is 6.20 Å². The minimum atomic E-state index is -0.711. The van der Waals surface area contributed by atoms with E-state index in [1.807, 2.05) is 17.9 Å². The van der Waals surface area contributed by atoms with Crippen molar-refractivity contribution in [2.45, 2.75) is 31.8 Å². The van der Waals surface area contributed by atoms with Gasteiger partial charge in [-0.1, -0.05) is 6.07 Å². The highest BCUT2D eigenvalue weighted by Crippen LogP contribution is 2.30. The van der Waals surface area contributed by atoms with Gasteiger partial charge in [-0.2, -0.15) is 5.10 Å². The van der Waals surface area contributed by atoms with Crippen LogP contribution in [0.1, 0.15) is 24.1 Å². The van der Waals surface area contributed by atoms with Crippen molar-refractivity contribution in [3.05, 3.63) is 47.5 Å². The van der Waals surface area contributed by atoms with Gasteiger partial charge in [0.1, 0.15) is 11.4 Å². The SMILES string of the molecule is Cc1c(CN2CCC(Nc3cccc(F)c3)(C(=O)N(C)C)CC2)cnn1C. The van der Waals surface area contributed by atoms with Gasteiger partial charge in [0.15, 0.2) is 0 Å². The van der Waals surface area contributed by atoms with Crippen molar-refractivity contribution in [3.63, 3.8) is 0 Å². The minimum Gasteiger partial charge on any atom is -0.371 e. The summed E-state index contributed by atoms with van der Waals surface area (Å²) in [5.74, 6) is -0.277. The second-order valence-electron chi connectivity index (χ2n) is 7.57. The molecule has 7 heteroatoms. The highest BCUT2D eigenvalue weighted by molar-refractivity contribution is 5.89. The second kappa shape index (κ2) is 7.68. The number of benzene rings is 1. The number of carbonyl (C=O) groups is 1. The van der Waals surface area contributed by atoms with Gasteiger partial charge in [-0.25, -0.2) is 4.39 Å². The quantitative estimate of drug-likeness (QED) is 0.875. The van der Waals surface area contributed by atoms with Crippen molar-refractivity contribution in [3.8, 4) is 0 Å². The predicted octanol–water partition coefficient (Wildman–Crippen LogP) is 2.40. The van der Waals surface area contributed by atoms with Gasteiger partial charge in [-0.15, -0.1) is 0 Å². The number of nitrogens with zero attached hydrogens (tertiary/aromatic N) is 4. The van der Waals surface area contributed by atoms with Crippen molar-refractivity contribution >= 4 is 11.6 Å². The lowest BCUT2D eigenvalue weighted by Gasteiger charge is -2.43. The van der Waals surface area contributed by atoms with E-state index in [1.165, 1.54) is 17.7 Å². The number of carbonyl (C=O) groups excluding carboxylic acids is 1. The van der Waals surface area contributed by atoms with Crippen LogP contribution < -0.4 is 5.32 Å². The lowest BCUT2D eigenvalue weighted by Crippen LogP contribution is -2.57. The van der Waals surface area contributed by atoms with Gasteiger partial charge in [0.25, 0.3) is 0 Å². The number of likely N-dealkylation sites (N-methyl/N-ethyl adjacent to an activating group) is 1. The van der Waals surface area contributed by atoms with Gasteiger partial charge in [0.2, 0.25) is 5.91 Å². The van der Waals surface area contributed by atoms with Crippen LogP contribution in [0.25, 0.3) is 0 Å². The van der Waals surface area contributed by atoms with Crippen molar-refractivity contribution < 1.29 is 9.18 Å². The normalized spacial score (nSPS) is 16.9. The van der Waals surface area contributed by atoms with E-state index in [1.54, 1.807) is 31.1 Å². The molecule has 0 spiro atoms. The van der Waals surface area contributed by atoms with Crippen LogP contribution in [0.4, 0.5) is 10.1 Å². The summed E-state index contributed by atoms with van der Waals surface area (Å²) in [6, 6.07) is 6.31. The number of anilines is 1. The molecule has 27 heavy (non-hydrogen) atoms. The lowest BCUT2D eigenvalue weighted by atomic mass is 9.85. The molecule has 1 amide bonds. The summed E-state index contributed by atoms with van der Waals surface area (Å²) in [6.07, 6.45) is 3.24. The molecular weight excluding hydrogens is 345 g/mol. The predicted molar refractivity (Wildman–Crippen MR) is 104 cm³/mol. The summed E-state index contributed by atoms with van der Waals surface area (Å²) in [5.41, 5.74) is 2.30. The molecule has 0 atom stereocenters. The third kappa shape index (κ3) is 4.13. The molecule has 2 aromatic rings. The molecule has 0 unspecified atom stereocenters. The Balaban J connectivity index is 1.74. The maximum Gasteiger partial charge on any atom is 0.247 e. The molecular formula is C20H28FN5O. The molecule has 146 valence electrons. The first-order chi connectivity index (χ1) is 12.8. The number of aryl methyl sites for hydroxylation is 1. The third-order valence-corrected chi connectivity index (χ3v) is 5.46. The van der Waals surface area contributed by atoms with Gasteiger partial charge < -0.3 is 10.2 Å². The molecule has 0 radical (unpaired) electrons. The van der Waals surface area contributed by atoms with Gasteiger partial charge in [-0.05, 0) is 38.0 Å². The zero-order valence-electron chi connectivity index (χ0n) is 16.5. The average molecular weight is 373 g/mol. The number of hydrogen-bond acceptors (Lipinski definition) is 4. The number of aromatic nitrogens is 2. The van der Waals surface area contributed by atoms with Gasteiger partial charge >= 0.3 is 0 Å². The highest BCUT2D eigenvalue weighted by atomic mass is 19.1. The fourth-order valence-corrected chi connectivity index (χ4v) is 3.70. The van der Waals surface area contributed by atoms with Crippen molar-refractivity contribution in [2.75, 3.05) is 32.5 Å². The van der Waals surface area contributed by atoms with Crippen LogP contribution in [0, 0.1) is 12.7 Å². The van der Waals surface area contributed by atoms with Crippen LogP contribution in [0.5, 0.6) is 0 Å².